The molecule has 1 fully saturated rings. The molecule has 14 heteroatoms. The van der Waals surface area contributed by atoms with E-state index in [2.05, 4.69) is 27.0 Å². The van der Waals surface area contributed by atoms with Gasteiger partial charge in [-0.15, -0.1) is 0 Å². The topological polar surface area (TPSA) is 176 Å². The number of aryl methyl sites for hydroxylation is 2. The number of aliphatic carboxylic acids is 1. The molecule has 1 unspecified atom stereocenters. The first-order valence-corrected chi connectivity index (χ1v) is 15.3. The molecule has 0 bridgehead atoms. The highest BCUT2D eigenvalue weighted by atomic mass is 32.2. The van der Waals surface area contributed by atoms with Gasteiger partial charge in [-0.3, -0.25) is 9.59 Å². The quantitative estimate of drug-likeness (QED) is 0.229. The molecule has 1 aromatic carbocycles. The molecule has 2 aromatic rings. The number of benzene rings is 1. The average molecular weight is 604 g/mol. The second kappa shape index (κ2) is 13.8. The van der Waals surface area contributed by atoms with Gasteiger partial charge in [0.15, 0.2) is 11.5 Å². The number of rotatable bonds is 14. The normalized spacial score (nSPS) is 15.9. The number of methoxy groups -OCH3 is 2. The van der Waals surface area contributed by atoms with Crippen LogP contribution in [0.25, 0.3) is 0 Å². The number of sulfonamides is 1. The van der Waals surface area contributed by atoms with Crippen LogP contribution in [-0.4, -0.2) is 87.0 Å². The molecule has 1 saturated heterocycles. The first-order valence-electron chi connectivity index (χ1n) is 13.9. The van der Waals surface area contributed by atoms with Gasteiger partial charge < -0.3 is 30.5 Å². The summed E-state index contributed by atoms with van der Waals surface area (Å²) >= 11 is 0. The van der Waals surface area contributed by atoms with E-state index in [9.17, 15) is 27.9 Å². The first-order chi connectivity index (χ1) is 20.1. The maximum atomic E-state index is 13.0. The first kappa shape index (κ1) is 31.0. The summed E-state index contributed by atoms with van der Waals surface area (Å²) in [6.07, 6.45) is 4.43. The summed E-state index contributed by atoms with van der Waals surface area (Å²) in [7, 11) is -1.05. The average Bonchev–Trinajstić information content (AvgIpc) is 2.95. The largest absolute Gasteiger partial charge is 0.493 e. The fraction of sp³-hybridized carbons (Fsp3) is 0.500. The maximum Gasteiger partial charge on any atom is 0.328 e. The predicted molar refractivity (Wildman–Crippen MR) is 153 cm³/mol. The molecule has 4 N–H and O–H groups in total. The van der Waals surface area contributed by atoms with Crippen molar-refractivity contribution >= 4 is 33.6 Å². The van der Waals surface area contributed by atoms with E-state index in [-0.39, 0.29) is 42.6 Å². The molecule has 1 atom stereocenters. The highest BCUT2D eigenvalue weighted by molar-refractivity contribution is 7.89. The number of carbonyl (C=O) groups is 3. The summed E-state index contributed by atoms with van der Waals surface area (Å²) in [5.74, 6) is -1.36. The number of pyridine rings is 1. The Morgan fingerprint density at radius 1 is 1.12 bits per heavy atom. The van der Waals surface area contributed by atoms with Crippen LogP contribution in [0.2, 0.25) is 0 Å². The van der Waals surface area contributed by atoms with Crippen molar-refractivity contribution in [3.63, 3.8) is 0 Å². The maximum absolute atomic E-state index is 13.0. The van der Waals surface area contributed by atoms with E-state index in [1.54, 1.807) is 0 Å². The zero-order valence-corrected chi connectivity index (χ0v) is 24.5. The van der Waals surface area contributed by atoms with E-state index in [0.717, 1.165) is 48.0 Å². The van der Waals surface area contributed by atoms with Gasteiger partial charge in [0.05, 0.1) is 25.0 Å². The lowest BCUT2D eigenvalue weighted by Crippen LogP contribution is -2.58. The van der Waals surface area contributed by atoms with Crippen molar-refractivity contribution in [2.24, 2.45) is 5.92 Å². The predicted octanol–water partition coefficient (Wildman–Crippen LogP) is 1.18. The van der Waals surface area contributed by atoms with Crippen LogP contribution < -0.4 is 25.4 Å². The molecule has 2 amide bonds. The lowest BCUT2D eigenvalue weighted by atomic mass is 10.0. The number of carbonyl (C=O) groups excluding carboxylic acids is 2. The van der Waals surface area contributed by atoms with E-state index >= 15 is 0 Å². The van der Waals surface area contributed by atoms with Gasteiger partial charge in [-0.2, -0.15) is 4.31 Å². The molecule has 1 aromatic heterocycles. The summed E-state index contributed by atoms with van der Waals surface area (Å²) in [5.41, 5.74) is 2.18. The minimum atomic E-state index is -3.89. The highest BCUT2D eigenvalue weighted by Crippen LogP contribution is 2.32. The third-order valence-corrected chi connectivity index (χ3v) is 9.20. The number of amides is 2. The Hall–Kier alpha value is -3.91. The number of anilines is 1. The van der Waals surface area contributed by atoms with E-state index in [4.69, 9.17) is 9.47 Å². The number of carboxylic acids is 1. The summed E-state index contributed by atoms with van der Waals surface area (Å²) in [4.78, 5) is 41.3. The molecule has 0 radical (unpaired) electrons. The second-order valence-corrected chi connectivity index (χ2v) is 12.2. The molecule has 13 nitrogen and oxygen atoms in total. The van der Waals surface area contributed by atoms with Crippen LogP contribution in [-0.2, 0) is 37.2 Å². The Morgan fingerprint density at radius 3 is 2.60 bits per heavy atom. The number of fused-ring (bicyclic) bond motifs is 1. The SMILES string of the molecule is COc1ccc(S(=O)(=O)N2CC(C(=O)NC(CNC(=O)CCCCc3ccc4c(n3)NCCC4)C(=O)O)C2)cc1OC. The van der Waals surface area contributed by atoms with Crippen molar-refractivity contribution in [3.05, 3.63) is 41.6 Å². The van der Waals surface area contributed by atoms with Crippen molar-refractivity contribution in [3.8, 4) is 11.5 Å². The molecule has 3 heterocycles. The monoisotopic (exact) mass is 603 g/mol. The summed E-state index contributed by atoms with van der Waals surface area (Å²) < 4.78 is 37.3. The van der Waals surface area contributed by atoms with E-state index in [1.807, 2.05) is 6.07 Å². The summed E-state index contributed by atoms with van der Waals surface area (Å²) in [5, 5.41) is 17.8. The number of hydrogen-bond acceptors (Lipinski definition) is 9. The molecule has 0 aliphatic carbocycles. The van der Waals surface area contributed by atoms with E-state index in [1.165, 1.54) is 38.0 Å². The molecular formula is C28H37N5O8S. The molecule has 228 valence electrons. The fourth-order valence-electron chi connectivity index (χ4n) is 4.82. The summed E-state index contributed by atoms with van der Waals surface area (Å²) in [6.45, 7) is 0.439. The van der Waals surface area contributed by atoms with Crippen molar-refractivity contribution < 1.29 is 37.4 Å². The Morgan fingerprint density at radius 2 is 1.88 bits per heavy atom. The minimum absolute atomic E-state index is 0.0129. The van der Waals surface area contributed by atoms with Gasteiger partial charge >= 0.3 is 5.97 Å². The Kier molecular flexibility index (Phi) is 10.2. The van der Waals surface area contributed by atoms with E-state index < -0.39 is 33.9 Å². The minimum Gasteiger partial charge on any atom is -0.493 e. The van der Waals surface area contributed by atoms with Crippen LogP contribution in [0, 0.1) is 5.92 Å². The van der Waals surface area contributed by atoms with Crippen molar-refractivity contribution in [2.45, 2.75) is 49.5 Å². The van der Waals surface area contributed by atoms with Crippen molar-refractivity contribution in [2.75, 3.05) is 45.7 Å². The number of hydrogen-bond donors (Lipinski definition) is 4. The van der Waals surface area contributed by atoms with Crippen LogP contribution in [0.5, 0.6) is 11.5 Å². The third-order valence-electron chi connectivity index (χ3n) is 7.37. The third kappa shape index (κ3) is 7.48. The standard InChI is InChI=1S/C28H37N5O8S/c1-40-23-12-11-21(14-24(23)41-2)42(38,39)33-16-19(17-33)27(35)32-22(28(36)37)15-30-25(34)8-4-3-7-20-10-9-18-6-5-13-29-26(18)31-20/h9-12,14,19,22H,3-8,13,15-17H2,1-2H3,(H,29,31)(H,30,34)(H,32,35)(H,36,37). The van der Waals surface area contributed by atoms with Gasteiger partial charge in [-0.25, -0.2) is 18.2 Å². The molecule has 0 saturated carbocycles. The number of nitrogens with zero attached hydrogens (tertiary/aromatic N) is 2. The Labute approximate surface area is 245 Å². The van der Waals surface area contributed by atoms with Crippen LogP contribution >= 0.6 is 0 Å². The molecule has 2 aliphatic heterocycles. The lowest BCUT2D eigenvalue weighted by molar-refractivity contribution is -0.143. The van der Waals surface area contributed by atoms with Gasteiger partial charge in [0.2, 0.25) is 21.8 Å². The summed E-state index contributed by atoms with van der Waals surface area (Å²) in [6, 6.07) is 6.97. The Balaban J connectivity index is 1.18. The zero-order valence-electron chi connectivity index (χ0n) is 23.7. The Bertz CT molecular complexity index is 1410. The number of aromatic nitrogens is 1. The van der Waals surface area contributed by atoms with Crippen LogP contribution in [0.1, 0.15) is 36.9 Å². The van der Waals surface area contributed by atoms with Gasteiger partial charge in [0.25, 0.3) is 0 Å². The molecule has 4 rings (SSSR count). The number of nitrogens with one attached hydrogen (secondary N) is 3. The van der Waals surface area contributed by atoms with Gasteiger partial charge in [-0.05, 0) is 55.9 Å². The smallest absolute Gasteiger partial charge is 0.328 e. The van der Waals surface area contributed by atoms with Crippen LogP contribution in [0.3, 0.4) is 0 Å². The number of unbranched alkanes of at least 4 members (excludes halogenated alkanes) is 1. The number of carboxylic acid groups (broad SMARTS) is 1. The highest BCUT2D eigenvalue weighted by Gasteiger charge is 2.41. The molecule has 0 spiro atoms. The zero-order chi connectivity index (χ0) is 30.3. The van der Waals surface area contributed by atoms with Gasteiger partial charge in [0.1, 0.15) is 11.9 Å². The van der Waals surface area contributed by atoms with Gasteiger partial charge in [-0.1, -0.05) is 6.07 Å². The molecule has 2 aliphatic rings. The molecular weight excluding hydrogens is 566 g/mol. The fourth-order valence-corrected chi connectivity index (χ4v) is 6.37. The van der Waals surface area contributed by atoms with Crippen LogP contribution in [0.15, 0.2) is 35.2 Å². The van der Waals surface area contributed by atoms with Crippen molar-refractivity contribution in [1.82, 2.24) is 19.9 Å². The van der Waals surface area contributed by atoms with Gasteiger partial charge in [0, 0.05) is 44.4 Å². The lowest BCUT2D eigenvalue weighted by Gasteiger charge is -2.37. The number of ether oxygens (including phenoxy) is 2. The molecule has 42 heavy (non-hydrogen) atoms. The van der Waals surface area contributed by atoms with E-state index in [0.29, 0.717) is 12.2 Å². The van der Waals surface area contributed by atoms with Crippen molar-refractivity contribution in [1.29, 1.82) is 0 Å². The second-order valence-electron chi connectivity index (χ2n) is 10.3. The van der Waals surface area contributed by atoms with Crippen LogP contribution in [0.4, 0.5) is 5.82 Å².